The number of hydrogen-bond donors (Lipinski definition) is 1. The van der Waals surface area contributed by atoms with Crippen LogP contribution < -0.4 is 4.90 Å². The number of phenols is 1. The number of aromatic hydroxyl groups is 1. The number of phenolic OH excluding ortho intramolecular Hbond substituents is 1. The lowest BCUT2D eigenvalue weighted by atomic mass is 10.0. The molecule has 0 amide bonds. The molecule has 0 bridgehead atoms. The predicted octanol–water partition coefficient (Wildman–Crippen LogP) is 4.40. The van der Waals surface area contributed by atoms with Crippen LogP contribution in [0.5, 0.6) is 5.75 Å². The molecular formula is C22H25ClN4O. The van der Waals surface area contributed by atoms with E-state index in [0.29, 0.717) is 22.9 Å². The van der Waals surface area contributed by atoms with Crippen molar-refractivity contribution in [3.05, 3.63) is 58.7 Å². The number of nitrogens with zero attached hydrogens (tertiary/aromatic N) is 4. The molecule has 1 aliphatic heterocycles. The smallest absolute Gasteiger partial charge is 0.147 e. The fourth-order valence-electron chi connectivity index (χ4n) is 4.12. The first-order chi connectivity index (χ1) is 13.4. The van der Waals surface area contributed by atoms with Crippen LogP contribution in [0.4, 0.5) is 5.82 Å². The van der Waals surface area contributed by atoms with Crippen molar-refractivity contribution in [1.29, 1.82) is 0 Å². The van der Waals surface area contributed by atoms with E-state index in [1.807, 2.05) is 37.4 Å². The van der Waals surface area contributed by atoms with Gasteiger partial charge in [0.25, 0.3) is 0 Å². The monoisotopic (exact) mass is 396 g/mol. The molecule has 28 heavy (non-hydrogen) atoms. The second-order valence-electron chi connectivity index (χ2n) is 7.81. The molecule has 0 spiro atoms. The van der Waals surface area contributed by atoms with Gasteiger partial charge in [-0.25, -0.2) is 4.98 Å². The summed E-state index contributed by atoms with van der Waals surface area (Å²) in [6.07, 6.45) is 1.84. The molecule has 2 aromatic carbocycles. The largest absolute Gasteiger partial charge is 0.508 e. The SMILES string of the molecule is Cc1cc(O)cc(CN2[C@H](C)CN(c3cnc4cc(Cl)ccc4n3)C[C@@H]2C)c1. The quantitative estimate of drug-likeness (QED) is 0.711. The molecule has 0 unspecified atom stereocenters. The molecule has 0 aliphatic carbocycles. The Morgan fingerprint density at radius 2 is 1.82 bits per heavy atom. The van der Waals surface area contributed by atoms with E-state index in [2.05, 4.69) is 34.7 Å². The van der Waals surface area contributed by atoms with Crippen molar-refractivity contribution in [1.82, 2.24) is 14.9 Å². The lowest BCUT2D eigenvalue weighted by Crippen LogP contribution is -2.56. The van der Waals surface area contributed by atoms with Crippen molar-refractivity contribution in [3.63, 3.8) is 0 Å². The standard InChI is InChI=1S/C22H25ClN4O/c1-14-6-17(8-19(28)7-14)13-27-15(2)11-26(12-16(27)3)22-10-24-21-9-18(23)4-5-20(21)25-22/h4-10,15-16,28H,11-13H2,1-3H3/t15-,16+. The second-order valence-corrected chi connectivity index (χ2v) is 8.25. The van der Waals surface area contributed by atoms with E-state index in [-0.39, 0.29) is 0 Å². The van der Waals surface area contributed by atoms with Crippen molar-refractivity contribution in [2.24, 2.45) is 0 Å². The number of anilines is 1. The highest BCUT2D eigenvalue weighted by Gasteiger charge is 2.30. The summed E-state index contributed by atoms with van der Waals surface area (Å²) in [6, 6.07) is 12.1. The molecule has 1 N–H and O–H groups in total. The van der Waals surface area contributed by atoms with Crippen LogP contribution in [0.3, 0.4) is 0 Å². The number of aryl methyl sites for hydroxylation is 1. The summed E-state index contributed by atoms with van der Waals surface area (Å²) >= 11 is 6.05. The molecule has 5 nitrogen and oxygen atoms in total. The molecule has 1 aromatic heterocycles. The Morgan fingerprint density at radius 1 is 1.07 bits per heavy atom. The molecule has 1 fully saturated rings. The predicted molar refractivity (Wildman–Crippen MR) is 114 cm³/mol. The van der Waals surface area contributed by atoms with E-state index < -0.39 is 0 Å². The zero-order valence-electron chi connectivity index (χ0n) is 16.4. The van der Waals surface area contributed by atoms with Crippen LogP contribution in [-0.2, 0) is 6.54 Å². The van der Waals surface area contributed by atoms with E-state index in [4.69, 9.17) is 16.6 Å². The number of hydrogen-bond acceptors (Lipinski definition) is 5. The molecule has 3 aromatic rings. The third kappa shape index (κ3) is 3.91. The van der Waals surface area contributed by atoms with Crippen LogP contribution in [0.2, 0.25) is 5.02 Å². The molecular weight excluding hydrogens is 372 g/mol. The maximum absolute atomic E-state index is 9.90. The van der Waals surface area contributed by atoms with E-state index in [1.54, 1.807) is 6.07 Å². The Bertz CT molecular complexity index is 977. The molecule has 0 radical (unpaired) electrons. The summed E-state index contributed by atoms with van der Waals surface area (Å²) in [4.78, 5) is 14.1. The number of rotatable bonds is 3. The number of piperazine rings is 1. The van der Waals surface area contributed by atoms with Crippen molar-refractivity contribution in [2.75, 3.05) is 18.0 Å². The Morgan fingerprint density at radius 3 is 2.54 bits per heavy atom. The average Bonchev–Trinajstić information content (AvgIpc) is 2.63. The number of fused-ring (bicyclic) bond motifs is 1. The van der Waals surface area contributed by atoms with Crippen LogP contribution >= 0.6 is 11.6 Å². The lowest BCUT2D eigenvalue weighted by Gasteiger charge is -2.45. The highest BCUT2D eigenvalue weighted by atomic mass is 35.5. The molecule has 1 saturated heterocycles. The molecule has 1 aliphatic rings. The second kappa shape index (κ2) is 7.57. The summed E-state index contributed by atoms with van der Waals surface area (Å²) in [5, 5.41) is 10.6. The van der Waals surface area contributed by atoms with Crippen molar-refractivity contribution < 1.29 is 5.11 Å². The van der Waals surface area contributed by atoms with Crippen molar-refractivity contribution in [3.8, 4) is 5.75 Å². The van der Waals surface area contributed by atoms with Crippen LogP contribution in [-0.4, -0.2) is 45.1 Å². The highest BCUT2D eigenvalue weighted by molar-refractivity contribution is 6.31. The van der Waals surface area contributed by atoms with Gasteiger partial charge in [-0.15, -0.1) is 0 Å². The Kier molecular flexibility index (Phi) is 5.13. The van der Waals surface area contributed by atoms with Gasteiger partial charge in [0.15, 0.2) is 0 Å². The summed E-state index contributed by atoms with van der Waals surface area (Å²) < 4.78 is 0. The number of benzene rings is 2. The summed E-state index contributed by atoms with van der Waals surface area (Å²) in [6.45, 7) is 9.10. The number of aromatic nitrogens is 2. The van der Waals surface area contributed by atoms with E-state index in [1.165, 1.54) is 0 Å². The number of halogens is 1. The lowest BCUT2D eigenvalue weighted by molar-refractivity contribution is 0.123. The van der Waals surface area contributed by atoms with Gasteiger partial charge in [-0.3, -0.25) is 9.88 Å². The molecule has 146 valence electrons. The van der Waals surface area contributed by atoms with Crippen LogP contribution in [0.1, 0.15) is 25.0 Å². The molecule has 2 atom stereocenters. The topological polar surface area (TPSA) is 52.5 Å². The van der Waals surface area contributed by atoms with Gasteiger partial charge in [-0.05, 0) is 62.2 Å². The van der Waals surface area contributed by atoms with Gasteiger partial charge < -0.3 is 10.0 Å². The first-order valence-electron chi connectivity index (χ1n) is 9.61. The van der Waals surface area contributed by atoms with Gasteiger partial charge in [0.2, 0.25) is 0 Å². The Labute approximate surface area is 170 Å². The Balaban J connectivity index is 1.52. The summed E-state index contributed by atoms with van der Waals surface area (Å²) in [5.41, 5.74) is 3.91. The van der Waals surface area contributed by atoms with Crippen molar-refractivity contribution >= 4 is 28.5 Å². The fraction of sp³-hybridized carbons (Fsp3) is 0.364. The average molecular weight is 397 g/mol. The van der Waals surface area contributed by atoms with Gasteiger partial charge in [-0.1, -0.05) is 17.7 Å². The zero-order chi connectivity index (χ0) is 19.8. The third-order valence-electron chi connectivity index (χ3n) is 5.40. The van der Waals surface area contributed by atoms with Crippen LogP contribution in [0, 0.1) is 6.92 Å². The van der Waals surface area contributed by atoms with Gasteiger partial charge in [-0.2, -0.15) is 0 Å². The highest BCUT2D eigenvalue weighted by Crippen LogP contribution is 2.26. The minimum absolute atomic E-state index is 0.334. The molecule has 0 saturated carbocycles. The normalized spacial score (nSPS) is 20.6. The molecule has 6 heteroatoms. The Hall–Kier alpha value is -2.37. The van der Waals surface area contributed by atoms with Crippen LogP contribution in [0.15, 0.2) is 42.6 Å². The van der Waals surface area contributed by atoms with E-state index >= 15 is 0 Å². The first kappa shape index (κ1) is 19.0. The van der Waals surface area contributed by atoms with Crippen LogP contribution in [0.25, 0.3) is 11.0 Å². The zero-order valence-corrected chi connectivity index (χ0v) is 17.2. The molecule has 2 heterocycles. The first-order valence-corrected chi connectivity index (χ1v) is 9.99. The van der Waals surface area contributed by atoms with Gasteiger partial charge >= 0.3 is 0 Å². The maximum Gasteiger partial charge on any atom is 0.147 e. The molecule has 4 rings (SSSR count). The maximum atomic E-state index is 9.90. The van der Waals surface area contributed by atoms with E-state index in [0.717, 1.165) is 47.6 Å². The van der Waals surface area contributed by atoms with Crippen molar-refractivity contribution in [2.45, 2.75) is 39.4 Å². The van der Waals surface area contributed by atoms with Gasteiger partial charge in [0.05, 0.1) is 17.2 Å². The fourth-order valence-corrected chi connectivity index (χ4v) is 4.29. The third-order valence-corrected chi connectivity index (χ3v) is 5.64. The minimum atomic E-state index is 0.334. The van der Waals surface area contributed by atoms with Gasteiger partial charge in [0.1, 0.15) is 11.6 Å². The summed E-state index contributed by atoms with van der Waals surface area (Å²) in [7, 11) is 0. The van der Waals surface area contributed by atoms with E-state index in [9.17, 15) is 5.11 Å². The van der Waals surface area contributed by atoms with Gasteiger partial charge in [0, 0.05) is 36.7 Å². The summed E-state index contributed by atoms with van der Waals surface area (Å²) in [5.74, 6) is 1.24. The minimum Gasteiger partial charge on any atom is -0.508 e.